The Morgan fingerprint density at radius 3 is 3.00 bits per heavy atom. The van der Waals surface area contributed by atoms with Crippen LogP contribution in [0.25, 0.3) is 11.2 Å². The molecule has 0 aliphatic heterocycles. The van der Waals surface area contributed by atoms with Crippen LogP contribution in [-0.2, 0) is 12.8 Å². The Morgan fingerprint density at radius 2 is 2.24 bits per heavy atom. The van der Waals surface area contributed by atoms with E-state index in [9.17, 15) is 0 Å². The summed E-state index contributed by atoms with van der Waals surface area (Å²) in [6.45, 7) is 0. The van der Waals surface area contributed by atoms with E-state index in [0.29, 0.717) is 17.0 Å². The minimum absolute atomic E-state index is 0.423. The second-order valence-electron chi connectivity index (χ2n) is 3.72. The first kappa shape index (κ1) is 9.83. The van der Waals surface area contributed by atoms with Crippen LogP contribution in [0.2, 0.25) is 0 Å². The van der Waals surface area contributed by atoms with Gasteiger partial charge in [-0.2, -0.15) is 0 Å². The highest BCUT2D eigenvalue weighted by Gasteiger charge is 2.07. The minimum atomic E-state index is 0.423. The number of H-pyrrole nitrogens is 1. The summed E-state index contributed by atoms with van der Waals surface area (Å²) in [7, 11) is 0. The lowest BCUT2D eigenvalue weighted by molar-refractivity contribution is 0.507. The monoisotopic (exact) mass is 229 g/mol. The molecule has 3 heterocycles. The number of nitrogens with one attached hydrogen (secondary N) is 1. The summed E-state index contributed by atoms with van der Waals surface area (Å²) in [6.07, 6.45) is 4.62. The average molecular weight is 229 g/mol. The van der Waals surface area contributed by atoms with E-state index >= 15 is 0 Å². The fourth-order valence-corrected chi connectivity index (χ4v) is 1.71. The van der Waals surface area contributed by atoms with Crippen molar-refractivity contribution < 1.29 is 4.42 Å². The molecule has 0 fully saturated rings. The molecule has 0 bridgehead atoms. The van der Waals surface area contributed by atoms with Crippen molar-refractivity contribution in [2.45, 2.75) is 12.8 Å². The standard InChI is InChI=1S/C11H11N5O/c12-10-9-11(14-6-13-10)16-8(15-9)4-3-7-2-1-5-17-7/h1-2,5-6H,3-4H2,(H3,12,13,14,15,16). The quantitative estimate of drug-likeness (QED) is 0.706. The summed E-state index contributed by atoms with van der Waals surface area (Å²) < 4.78 is 5.26. The van der Waals surface area contributed by atoms with E-state index in [1.165, 1.54) is 6.33 Å². The van der Waals surface area contributed by atoms with Gasteiger partial charge in [-0.1, -0.05) is 0 Å². The Labute approximate surface area is 96.9 Å². The van der Waals surface area contributed by atoms with Gasteiger partial charge in [-0.3, -0.25) is 0 Å². The molecule has 0 atom stereocenters. The van der Waals surface area contributed by atoms with Crippen molar-refractivity contribution in [3.63, 3.8) is 0 Å². The largest absolute Gasteiger partial charge is 0.469 e. The molecule has 3 aromatic rings. The number of aromatic amines is 1. The van der Waals surface area contributed by atoms with Crippen molar-refractivity contribution >= 4 is 17.0 Å². The Bertz CT molecular complexity index is 628. The van der Waals surface area contributed by atoms with Crippen LogP contribution < -0.4 is 5.73 Å². The lowest BCUT2D eigenvalue weighted by Gasteiger charge is -1.93. The number of rotatable bonds is 3. The summed E-state index contributed by atoms with van der Waals surface area (Å²) in [6, 6.07) is 3.81. The zero-order chi connectivity index (χ0) is 11.7. The van der Waals surface area contributed by atoms with Crippen molar-refractivity contribution in [1.82, 2.24) is 19.9 Å². The first-order valence-electron chi connectivity index (χ1n) is 5.30. The van der Waals surface area contributed by atoms with Crippen molar-refractivity contribution in [2.75, 3.05) is 5.73 Å². The number of aromatic nitrogens is 4. The van der Waals surface area contributed by atoms with Crippen molar-refractivity contribution in [3.05, 3.63) is 36.3 Å². The van der Waals surface area contributed by atoms with E-state index in [0.717, 1.165) is 24.4 Å². The van der Waals surface area contributed by atoms with Crippen LogP contribution in [-0.4, -0.2) is 19.9 Å². The van der Waals surface area contributed by atoms with Crippen molar-refractivity contribution in [3.8, 4) is 0 Å². The SMILES string of the molecule is Nc1ncnc2nc(CCc3ccco3)[nH]c12. The van der Waals surface area contributed by atoms with Crippen LogP contribution in [0, 0.1) is 0 Å². The van der Waals surface area contributed by atoms with E-state index in [-0.39, 0.29) is 0 Å². The highest BCUT2D eigenvalue weighted by atomic mass is 16.3. The molecule has 0 spiro atoms. The predicted octanol–water partition coefficient (Wildman–Crippen LogP) is 1.31. The van der Waals surface area contributed by atoms with Gasteiger partial charge in [-0.25, -0.2) is 15.0 Å². The maximum Gasteiger partial charge on any atom is 0.183 e. The number of imidazole rings is 1. The lowest BCUT2D eigenvalue weighted by atomic mass is 10.2. The summed E-state index contributed by atoms with van der Waals surface area (Å²) in [4.78, 5) is 15.4. The third-order valence-corrected chi connectivity index (χ3v) is 2.56. The molecule has 0 aliphatic rings. The molecule has 86 valence electrons. The van der Waals surface area contributed by atoms with E-state index in [4.69, 9.17) is 10.2 Å². The summed E-state index contributed by atoms with van der Waals surface area (Å²) in [5, 5.41) is 0. The van der Waals surface area contributed by atoms with Gasteiger partial charge < -0.3 is 15.1 Å². The van der Waals surface area contributed by atoms with Crippen LogP contribution in [0.3, 0.4) is 0 Å². The van der Waals surface area contributed by atoms with Gasteiger partial charge in [0.05, 0.1) is 6.26 Å². The molecule has 3 aromatic heterocycles. The van der Waals surface area contributed by atoms with Crippen LogP contribution in [0.5, 0.6) is 0 Å². The van der Waals surface area contributed by atoms with Gasteiger partial charge in [-0.05, 0) is 12.1 Å². The first-order valence-corrected chi connectivity index (χ1v) is 5.30. The zero-order valence-corrected chi connectivity index (χ0v) is 9.05. The number of nitrogens with zero attached hydrogens (tertiary/aromatic N) is 3. The van der Waals surface area contributed by atoms with Gasteiger partial charge in [0.25, 0.3) is 0 Å². The normalized spacial score (nSPS) is 11.1. The summed E-state index contributed by atoms with van der Waals surface area (Å²) in [5.74, 6) is 2.19. The number of aryl methyl sites for hydroxylation is 2. The maximum atomic E-state index is 5.72. The molecular formula is C11H11N5O. The Morgan fingerprint density at radius 1 is 1.29 bits per heavy atom. The summed E-state index contributed by atoms with van der Waals surface area (Å²) >= 11 is 0. The predicted molar refractivity (Wildman–Crippen MR) is 62.2 cm³/mol. The molecule has 0 saturated carbocycles. The number of nitrogens with two attached hydrogens (primary N) is 1. The van der Waals surface area contributed by atoms with E-state index in [1.807, 2.05) is 12.1 Å². The number of furan rings is 1. The van der Waals surface area contributed by atoms with Crippen molar-refractivity contribution in [2.24, 2.45) is 0 Å². The second kappa shape index (κ2) is 3.89. The molecule has 3 rings (SSSR count). The van der Waals surface area contributed by atoms with Gasteiger partial charge in [0, 0.05) is 12.8 Å². The Kier molecular flexibility index (Phi) is 2.25. The van der Waals surface area contributed by atoms with Crippen LogP contribution in [0.1, 0.15) is 11.6 Å². The molecule has 17 heavy (non-hydrogen) atoms. The highest BCUT2D eigenvalue weighted by molar-refractivity contribution is 5.80. The lowest BCUT2D eigenvalue weighted by Crippen LogP contribution is -1.92. The Hall–Kier alpha value is -2.37. The van der Waals surface area contributed by atoms with Crippen LogP contribution in [0.4, 0.5) is 5.82 Å². The van der Waals surface area contributed by atoms with Gasteiger partial charge in [0.15, 0.2) is 11.5 Å². The number of hydrogen-bond acceptors (Lipinski definition) is 5. The maximum absolute atomic E-state index is 5.72. The molecule has 0 amide bonds. The molecule has 0 unspecified atom stereocenters. The van der Waals surface area contributed by atoms with Crippen molar-refractivity contribution in [1.29, 1.82) is 0 Å². The third kappa shape index (κ3) is 1.84. The second-order valence-corrected chi connectivity index (χ2v) is 3.72. The average Bonchev–Trinajstić information content (AvgIpc) is 2.95. The molecular weight excluding hydrogens is 218 g/mol. The van der Waals surface area contributed by atoms with Crippen LogP contribution >= 0.6 is 0 Å². The molecule has 0 saturated heterocycles. The molecule has 0 aliphatic carbocycles. The van der Waals surface area contributed by atoms with E-state index < -0.39 is 0 Å². The highest BCUT2D eigenvalue weighted by Crippen LogP contribution is 2.14. The van der Waals surface area contributed by atoms with Gasteiger partial charge in [-0.15, -0.1) is 0 Å². The zero-order valence-electron chi connectivity index (χ0n) is 9.05. The van der Waals surface area contributed by atoms with E-state index in [1.54, 1.807) is 6.26 Å². The molecule has 6 nitrogen and oxygen atoms in total. The van der Waals surface area contributed by atoms with Gasteiger partial charge in [0.2, 0.25) is 0 Å². The molecule has 3 N–H and O–H groups in total. The smallest absolute Gasteiger partial charge is 0.183 e. The fraction of sp³-hybridized carbons (Fsp3) is 0.182. The number of nitrogen functional groups attached to an aromatic ring is 1. The van der Waals surface area contributed by atoms with E-state index in [2.05, 4.69) is 19.9 Å². The summed E-state index contributed by atoms with van der Waals surface area (Å²) in [5.41, 5.74) is 7.02. The molecule has 0 aromatic carbocycles. The molecule has 6 heteroatoms. The topological polar surface area (TPSA) is 93.6 Å². The minimum Gasteiger partial charge on any atom is -0.469 e. The third-order valence-electron chi connectivity index (χ3n) is 2.56. The molecule has 0 radical (unpaired) electrons. The van der Waals surface area contributed by atoms with Crippen LogP contribution in [0.15, 0.2) is 29.1 Å². The number of fused-ring (bicyclic) bond motifs is 1. The van der Waals surface area contributed by atoms with Gasteiger partial charge in [0.1, 0.15) is 23.4 Å². The number of hydrogen-bond donors (Lipinski definition) is 2. The fourth-order valence-electron chi connectivity index (χ4n) is 1.71. The van der Waals surface area contributed by atoms with Gasteiger partial charge >= 0.3 is 0 Å². The number of anilines is 1. The first-order chi connectivity index (χ1) is 8.33. The Balaban J connectivity index is 1.84.